The fraction of sp³-hybridized carbons (Fsp3) is 1.00. The zero-order valence-electron chi connectivity index (χ0n) is 13.9. The normalized spacial score (nSPS) is 31.5. The summed E-state index contributed by atoms with van der Waals surface area (Å²) in [5.74, 6) is 0. The summed E-state index contributed by atoms with van der Waals surface area (Å²) in [6, 6.07) is 1.58. The Morgan fingerprint density at radius 3 is 1.44 bits per heavy atom. The van der Waals surface area contributed by atoms with E-state index < -0.39 is 0 Å². The molecule has 0 amide bonds. The molecule has 2 nitrogen and oxygen atoms in total. The van der Waals surface area contributed by atoms with Crippen molar-refractivity contribution in [3.8, 4) is 0 Å². The molecule has 0 saturated carbocycles. The Labute approximate surface area is 114 Å². The maximum atomic E-state index is 3.93. The van der Waals surface area contributed by atoms with Crippen molar-refractivity contribution >= 4 is 0 Å². The Morgan fingerprint density at radius 1 is 0.667 bits per heavy atom. The van der Waals surface area contributed by atoms with Crippen molar-refractivity contribution < 1.29 is 0 Å². The lowest BCUT2D eigenvalue weighted by atomic mass is 9.70. The standard InChI is InChI=1S/C16H34N2/c1-14(2,3)11-10-17-12(15(4,5)6)13(18-11)16(7,8)9/h11-13,17-18H,10H2,1-9H3. The van der Waals surface area contributed by atoms with Crippen LogP contribution in [0.15, 0.2) is 0 Å². The number of rotatable bonds is 0. The Balaban J connectivity index is 2.94. The van der Waals surface area contributed by atoms with E-state index in [4.69, 9.17) is 0 Å². The van der Waals surface area contributed by atoms with Gasteiger partial charge in [0.2, 0.25) is 0 Å². The molecule has 1 heterocycles. The van der Waals surface area contributed by atoms with E-state index in [0.29, 0.717) is 23.5 Å². The van der Waals surface area contributed by atoms with Gasteiger partial charge in [-0.1, -0.05) is 62.3 Å². The van der Waals surface area contributed by atoms with Gasteiger partial charge >= 0.3 is 0 Å². The molecule has 3 unspecified atom stereocenters. The Hall–Kier alpha value is -0.0800. The third kappa shape index (κ3) is 3.71. The summed E-state index contributed by atoms with van der Waals surface area (Å²) in [7, 11) is 0. The number of hydrogen-bond donors (Lipinski definition) is 2. The molecule has 18 heavy (non-hydrogen) atoms. The third-order valence-corrected chi connectivity index (χ3v) is 4.17. The quantitative estimate of drug-likeness (QED) is 0.692. The van der Waals surface area contributed by atoms with Gasteiger partial charge in [0, 0.05) is 24.7 Å². The SMILES string of the molecule is CC(C)(C)C1CNC(C(C)(C)C)C(C(C)(C)C)N1. The molecule has 0 bridgehead atoms. The Bertz CT molecular complexity index is 275. The van der Waals surface area contributed by atoms with Crippen LogP contribution in [-0.2, 0) is 0 Å². The van der Waals surface area contributed by atoms with E-state index in [1.165, 1.54) is 0 Å². The van der Waals surface area contributed by atoms with Crippen LogP contribution in [0.1, 0.15) is 62.3 Å². The van der Waals surface area contributed by atoms with Crippen LogP contribution in [0.2, 0.25) is 0 Å². The summed E-state index contributed by atoms with van der Waals surface area (Å²) in [5.41, 5.74) is 0.863. The van der Waals surface area contributed by atoms with Gasteiger partial charge in [0.05, 0.1) is 0 Å². The largest absolute Gasteiger partial charge is 0.310 e. The topological polar surface area (TPSA) is 24.1 Å². The first-order chi connectivity index (χ1) is 7.83. The first kappa shape index (κ1) is 16.0. The lowest BCUT2D eigenvalue weighted by Crippen LogP contribution is -2.70. The highest BCUT2D eigenvalue weighted by molar-refractivity contribution is 5.04. The molecular weight excluding hydrogens is 220 g/mol. The molecule has 0 aromatic carbocycles. The molecule has 1 fully saturated rings. The van der Waals surface area contributed by atoms with Crippen LogP contribution in [0.3, 0.4) is 0 Å². The zero-order chi connectivity index (χ0) is 14.4. The van der Waals surface area contributed by atoms with E-state index in [0.717, 1.165) is 6.54 Å². The molecule has 1 rings (SSSR count). The predicted molar refractivity (Wildman–Crippen MR) is 80.9 cm³/mol. The molecule has 1 saturated heterocycles. The van der Waals surface area contributed by atoms with Crippen LogP contribution in [0.5, 0.6) is 0 Å². The highest BCUT2D eigenvalue weighted by Crippen LogP contribution is 2.35. The second kappa shape index (κ2) is 4.79. The van der Waals surface area contributed by atoms with Gasteiger partial charge in [-0.05, 0) is 16.2 Å². The summed E-state index contributed by atoms with van der Waals surface area (Å²) in [6.45, 7) is 22.1. The minimum Gasteiger partial charge on any atom is -0.310 e. The van der Waals surface area contributed by atoms with Crippen LogP contribution in [0.25, 0.3) is 0 Å². The average Bonchev–Trinajstić information content (AvgIpc) is 2.12. The van der Waals surface area contributed by atoms with Crippen molar-refractivity contribution in [1.29, 1.82) is 0 Å². The van der Waals surface area contributed by atoms with E-state index in [-0.39, 0.29) is 10.8 Å². The maximum Gasteiger partial charge on any atom is 0.0278 e. The summed E-state index contributed by atoms with van der Waals surface area (Å²) < 4.78 is 0. The zero-order valence-corrected chi connectivity index (χ0v) is 13.9. The second-order valence-corrected chi connectivity index (χ2v) is 9.18. The second-order valence-electron chi connectivity index (χ2n) is 9.18. The highest BCUT2D eigenvalue weighted by Gasteiger charge is 2.44. The lowest BCUT2D eigenvalue weighted by Gasteiger charge is -2.52. The third-order valence-electron chi connectivity index (χ3n) is 4.17. The summed E-state index contributed by atoms with van der Waals surface area (Å²) >= 11 is 0. The summed E-state index contributed by atoms with van der Waals surface area (Å²) in [4.78, 5) is 0. The average molecular weight is 254 g/mol. The predicted octanol–water partition coefficient (Wildman–Crippen LogP) is 3.42. The minimum atomic E-state index is 0.273. The van der Waals surface area contributed by atoms with E-state index in [1.54, 1.807) is 0 Å². The molecule has 0 radical (unpaired) electrons. The van der Waals surface area contributed by atoms with Gasteiger partial charge in [-0.25, -0.2) is 0 Å². The molecule has 2 heteroatoms. The Morgan fingerprint density at radius 2 is 1.11 bits per heavy atom. The molecule has 2 N–H and O–H groups in total. The minimum absolute atomic E-state index is 0.273. The van der Waals surface area contributed by atoms with Crippen molar-refractivity contribution in [3.63, 3.8) is 0 Å². The molecule has 0 spiro atoms. The number of hydrogen-bond acceptors (Lipinski definition) is 2. The Kier molecular flexibility index (Phi) is 4.25. The van der Waals surface area contributed by atoms with Gasteiger partial charge in [-0.2, -0.15) is 0 Å². The van der Waals surface area contributed by atoms with E-state index in [9.17, 15) is 0 Å². The molecule has 1 aliphatic rings. The van der Waals surface area contributed by atoms with Crippen molar-refractivity contribution in [3.05, 3.63) is 0 Å². The van der Waals surface area contributed by atoms with Crippen LogP contribution < -0.4 is 10.6 Å². The maximum absolute atomic E-state index is 3.93. The highest BCUT2D eigenvalue weighted by atomic mass is 15.1. The van der Waals surface area contributed by atoms with Gasteiger partial charge in [0.15, 0.2) is 0 Å². The van der Waals surface area contributed by atoms with Crippen molar-refractivity contribution in [2.24, 2.45) is 16.2 Å². The van der Waals surface area contributed by atoms with Gasteiger partial charge in [-0.3, -0.25) is 0 Å². The summed E-state index contributed by atoms with van der Waals surface area (Å²) in [5, 5.41) is 7.74. The van der Waals surface area contributed by atoms with Gasteiger partial charge in [0.25, 0.3) is 0 Å². The molecule has 108 valence electrons. The molecule has 0 aromatic rings. The molecular formula is C16H34N2. The van der Waals surface area contributed by atoms with Crippen LogP contribution in [-0.4, -0.2) is 24.7 Å². The smallest absolute Gasteiger partial charge is 0.0278 e. The van der Waals surface area contributed by atoms with Gasteiger partial charge < -0.3 is 10.6 Å². The van der Waals surface area contributed by atoms with Crippen molar-refractivity contribution in [2.75, 3.05) is 6.54 Å². The molecule has 3 atom stereocenters. The van der Waals surface area contributed by atoms with Crippen molar-refractivity contribution in [1.82, 2.24) is 10.6 Å². The molecule has 0 aromatic heterocycles. The fourth-order valence-electron chi connectivity index (χ4n) is 2.85. The monoisotopic (exact) mass is 254 g/mol. The van der Waals surface area contributed by atoms with Crippen LogP contribution >= 0.6 is 0 Å². The molecule has 0 aliphatic carbocycles. The van der Waals surface area contributed by atoms with E-state index in [2.05, 4.69) is 72.9 Å². The van der Waals surface area contributed by atoms with E-state index >= 15 is 0 Å². The molecule has 1 aliphatic heterocycles. The first-order valence-electron chi connectivity index (χ1n) is 7.33. The lowest BCUT2D eigenvalue weighted by molar-refractivity contribution is 0.0623. The van der Waals surface area contributed by atoms with Gasteiger partial charge in [-0.15, -0.1) is 0 Å². The van der Waals surface area contributed by atoms with Crippen molar-refractivity contribution in [2.45, 2.75) is 80.4 Å². The number of nitrogens with one attached hydrogen (secondary N) is 2. The fourth-order valence-corrected chi connectivity index (χ4v) is 2.85. The number of piperazine rings is 1. The first-order valence-corrected chi connectivity index (χ1v) is 7.33. The van der Waals surface area contributed by atoms with Crippen LogP contribution in [0.4, 0.5) is 0 Å². The van der Waals surface area contributed by atoms with E-state index in [1.807, 2.05) is 0 Å². The van der Waals surface area contributed by atoms with Gasteiger partial charge in [0.1, 0.15) is 0 Å². The van der Waals surface area contributed by atoms with Crippen LogP contribution in [0, 0.1) is 16.2 Å². The summed E-state index contributed by atoms with van der Waals surface area (Å²) in [6.07, 6.45) is 0.